The number of hydrogen-bond acceptors (Lipinski definition) is 3. The van der Waals surface area contributed by atoms with Crippen molar-refractivity contribution in [2.75, 3.05) is 11.5 Å². The van der Waals surface area contributed by atoms with Gasteiger partial charge in [-0.1, -0.05) is 30.3 Å². The minimum atomic E-state index is 0.647. The van der Waals surface area contributed by atoms with Gasteiger partial charge in [-0.05, 0) is 11.5 Å². The first kappa shape index (κ1) is 10.1. The third-order valence-corrected chi connectivity index (χ3v) is 2.00. The van der Waals surface area contributed by atoms with E-state index in [9.17, 15) is 0 Å². The van der Waals surface area contributed by atoms with E-state index in [2.05, 4.69) is 0 Å². The van der Waals surface area contributed by atoms with E-state index in [1.807, 2.05) is 43.2 Å². The largest absolute Gasteiger partial charge is 0.397 e. The van der Waals surface area contributed by atoms with Gasteiger partial charge in [0.05, 0.1) is 11.4 Å². The standard InChI is InChI=1S/C10H10N2.CH2O/c11-9-6-5-7-3-1-2-4-8(7)10(9)12;1-2/h1-6H,11-12H2;1H2. The molecule has 0 atom stereocenters. The molecule has 0 saturated carbocycles. The van der Waals surface area contributed by atoms with Crippen LogP contribution in [0.25, 0.3) is 10.8 Å². The molecule has 2 aromatic rings. The molecule has 0 heterocycles. The highest BCUT2D eigenvalue weighted by atomic mass is 16.1. The van der Waals surface area contributed by atoms with Gasteiger partial charge < -0.3 is 16.3 Å². The van der Waals surface area contributed by atoms with Gasteiger partial charge >= 0.3 is 0 Å². The highest BCUT2D eigenvalue weighted by molar-refractivity contribution is 5.98. The summed E-state index contributed by atoms with van der Waals surface area (Å²) in [7, 11) is 0. The van der Waals surface area contributed by atoms with Crippen molar-refractivity contribution in [1.82, 2.24) is 0 Å². The van der Waals surface area contributed by atoms with Gasteiger partial charge in [0.2, 0.25) is 0 Å². The summed E-state index contributed by atoms with van der Waals surface area (Å²) in [5.74, 6) is 0. The van der Waals surface area contributed by atoms with E-state index >= 15 is 0 Å². The van der Waals surface area contributed by atoms with Gasteiger partial charge in [0.1, 0.15) is 6.79 Å². The maximum Gasteiger partial charge on any atom is 0.106 e. The first-order chi connectivity index (χ1) is 6.79. The molecule has 72 valence electrons. The van der Waals surface area contributed by atoms with Crippen LogP contribution in [0.4, 0.5) is 11.4 Å². The van der Waals surface area contributed by atoms with Crippen LogP contribution < -0.4 is 11.5 Å². The Kier molecular flexibility index (Phi) is 3.07. The van der Waals surface area contributed by atoms with Crippen LogP contribution in [0.15, 0.2) is 36.4 Å². The number of nitrogen functional groups attached to an aromatic ring is 2. The van der Waals surface area contributed by atoms with Gasteiger partial charge in [0.15, 0.2) is 0 Å². The zero-order chi connectivity index (χ0) is 10.6. The van der Waals surface area contributed by atoms with Gasteiger partial charge in [-0.15, -0.1) is 0 Å². The Balaban J connectivity index is 0.000000461. The second-order valence-electron chi connectivity index (χ2n) is 2.79. The van der Waals surface area contributed by atoms with E-state index in [4.69, 9.17) is 16.3 Å². The number of anilines is 2. The predicted molar refractivity (Wildman–Crippen MR) is 59.9 cm³/mol. The van der Waals surface area contributed by atoms with Gasteiger partial charge in [-0.25, -0.2) is 0 Å². The highest BCUT2D eigenvalue weighted by Gasteiger charge is 1.98. The first-order valence-electron chi connectivity index (χ1n) is 4.10. The molecule has 0 unspecified atom stereocenters. The molecule has 2 rings (SSSR count). The topological polar surface area (TPSA) is 69.1 Å². The van der Waals surface area contributed by atoms with E-state index in [1.54, 1.807) is 0 Å². The van der Waals surface area contributed by atoms with E-state index in [0.29, 0.717) is 11.4 Å². The van der Waals surface area contributed by atoms with E-state index < -0.39 is 0 Å². The summed E-state index contributed by atoms with van der Waals surface area (Å²) in [5, 5.41) is 2.15. The van der Waals surface area contributed by atoms with Crippen molar-refractivity contribution < 1.29 is 4.79 Å². The van der Waals surface area contributed by atoms with Crippen molar-refractivity contribution in [3.63, 3.8) is 0 Å². The Hall–Kier alpha value is -2.03. The van der Waals surface area contributed by atoms with Crippen molar-refractivity contribution in [2.24, 2.45) is 0 Å². The number of rotatable bonds is 0. The van der Waals surface area contributed by atoms with Crippen LogP contribution in [0, 0.1) is 0 Å². The SMILES string of the molecule is C=O.Nc1ccc2ccccc2c1N. The lowest BCUT2D eigenvalue weighted by Crippen LogP contribution is -1.94. The van der Waals surface area contributed by atoms with Crippen LogP contribution in [-0.2, 0) is 4.79 Å². The summed E-state index contributed by atoms with van der Waals surface area (Å²) in [6, 6.07) is 11.7. The molecule has 0 aliphatic heterocycles. The molecule has 0 bridgehead atoms. The number of nitrogens with two attached hydrogens (primary N) is 2. The third kappa shape index (κ3) is 1.66. The summed E-state index contributed by atoms with van der Waals surface area (Å²) in [6.07, 6.45) is 0. The molecule has 3 heteroatoms. The fraction of sp³-hybridized carbons (Fsp3) is 0. The van der Waals surface area contributed by atoms with E-state index in [1.165, 1.54) is 0 Å². The quantitative estimate of drug-likeness (QED) is 0.619. The van der Waals surface area contributed by atoms with Gasteiger partial charge in [-0.3, -0.25) is 0 Å². The molecule has 0 aromatic heterocycles. The number of fused-ring (bicyclic) bond motifs is 1. The van der Waals surface area contributed by atoms with Crippen molar-refractivity contribution in [1.29, 1.82) is 0 Å². The van der Waals surface area contributed by atoms with Crippen molar-refractivity contribution >= 4 is 28.9 Å². The van der Waals surface area contributed by atoms with Crippen molar-refractivity contribution in [2.45, 2.75) is 0 Å². The number of hydrogen-bond donors (Lipinski definition) is 2. The number of benzene rings is 2. The lowest BCUT2D eigenvalue weighted by atomic mass is 10.1. The molecular weight excluding hydrogens is 176 g/mol. The maximum atomic E-state index is 8.00. The second-order valence-corrected chi connectivity index (χ2v) is 2.79. The van der Waals surface area contributed by atoms with Crippen LogP contribution in [-0.4, -0.2) is 6.79 Å². The van der Waals surface area contributed by atoms with Gasteiger partial charge in [0.25, 0.3) is 0 Å². The van der Waals surface area contributed by atoms with Crippen molar-refractivity contribution in [3.8, 4) is 0 Å². The zero-order valence-electron chi connectivity index (χ0n) is 7.73. The summed E-state index contributed by atoms with van der Waals surface area (Å²) in [5.41, 5.74) is 12.8. The Morgan fingerprint density at radius 3 is 2.29 bits per heavy atom. The predicted octanol–water partition coefficient (Wildman–Crippen LogP) is 1.82. The molecule has 3 nitrogen and oxygen atoms in total. The van der Waals surface area contributed by atoms with Gasteiger partial charge in [0, 0.05) is 5.39 Å². The second kappa shape index (κ2) is 4.28. The first-order valence-corrected chi connectivity index (χ1v) is 4.10. The molecule has 0 amide bonds. The normalized spacial score (nSPS) is 9.14. The summed E-state index contributed by atoms with van der Waals surface area (Å²) >= 11 is 0. The van der Waals surface area contributed by atoms with Crippen LogP contribution in [0.3, 0.4) is 0 Å². The van der Waals surface area contributed by atoms with Crippen molar-refractivity contribution in [3.05, 3.63) is 36.4 Å². The molecule has 0 aliphatic rings. The summed E-state index contributed by atoms with van der Waals surface area (Å²) in [4.78, 5) is 8.00. The molecule has 0 fully saturated rings. The smallest absolute Gasteiger partial charge is 0.106 e. The molecule has 0 aliphatic carbocycles. The Bertz CT molecular complexity index is 440. The average molecular weight is 188 g/mol. The van der Waals surface area contributed by atoms with Crippen LogP contribution in [0.5, 0.6) is 0 Å². The fourth-order valence-electron chi connectivity index (χ4n) is 1.31. The van der Waals surface area contributed by atoms with Gasteiger partial charge in [-0.2, -0.15) is 0 Å². The highest BCUT2D eigenvalue weighted by Crippen LogP contribution is 2.25. The molecular formula is C11H12N2O. The minimum absolute atomic E-state index is 0.647. The molecule has 14 heavy (non-hydrogen) atoms. The fourth-order valence-corrected chi connectivity index (χ4v) is 1.31. The monoisotopic (exact) mass is 188 g/mol. The van der Waals surface area contributed by atoms with Crippen LogP contribution >= 0.6 is 0 Å². The minimum Gasteiger partial charge on any atom is -0.397 e. The summed E-state index contributed by atoms with van der Waals surface area (Å²) < 4.78 is 0. The zero-order valence-corrected chi connectivity index (χ0v) is 7.73. The Morgan fingerprint density at radius 1 is 0.929 bits per heavy atom. The summed E-state index contributed by atoms with van der Waals surface area (Å²) in [6.45, 7) is 2.00. The third-order valence-electron chi connectivity index (χ3n) is 2.00. The van der Waals surface area contributed by atoms with E-state index in [0.717, 1.165) is 10.8 Å². The average Bonchev–Trinajstić information content (AvgIpc) is 2.27. The number of carbonyl (C=O) groups excluding carboxylic acids is 1. The molecule has 2 aromatic carbocycles. The van der Waals surface area contributed by atoms with E-state index in [-0.39, 0.29) is 0 Å². The van der Waals surface area contributed by atoms with Crippen LogP contribution in [0.2, 0.25) is 0 Å². The molecule has 0 spiro atoms. The molecule has 4 N–H and O–H groups in total. The lowest BCUT2D eigenvalue weighted by molar-refractivity contribution is -0.0979. The number of carbonyl (C=O) groups is 1. The Labute approximate surface area is 82.3 Å². The maximum absolute atomic E-state index is 8.00. The molecule has 0 radical (unpaired) electrons. The van der Waals surface area contributed by atoms with Crippen LogP contribution in [0.1, 0.15) is 0 Å². The molecule has 0 saturated heterocycles. The Morgan fingerprint density at radius 2 is 1.57 bits per heavy atom. The lowest BCUT2D eigenvalue weighted by Gasteiger charge is -2.03.